The van der Waals surface area contributed by atoms with Crippen molar-refractivity contribution in [1.29, 1.82) is 0 Å². The number of nitrogens with zero attached hydrogens (tertiary/aromatic N) is 4. The number of rotatable bonds is 5. The first-order valence-electron chi connectivity index (χ1n) is 19.0. The van der Waals surface area contributed by atoms with Crippen LogP contribution >= 0.6 is 22.7 Å². The molecule has 8 aromatic carbocycles. The van der Waals surface area contributed by atoms with Crippen molar-refractivity contribution in [3.63, 3.8) is 0 Å². The van der Waals surface area contributed by atoms with Crippen LogP contribution in [0.3, 0.4) is 0 Å². The monoisotopic (exact) mass is 762 g/mol. The average Bonchev–Trinajstić information content (AvgIpc) is 3.96. The van der Waals surface area contributed by atoms with Gasteiger partial charge in [-0.25, -0.2) is 15.0 Å². The van der Waals surface area contributed by atoms with E-state index < -0.39 is 0 Å². The molecular weight excluding hydrogens is 733 g/mol. The quantitative estimate of drug-likeness (QED) is 0.175. The number of hydrogen-bond donors (Lipinski definition) is 0. The van der Waals surface area contributed by atoms with Gasteiger partial charge in [-0.15, -0.1) is 22.7 Å². The van der Waals surface area contributed by atoms with E-state index in [0.717, 1.165) is 16.7 Å². The molecule has 0 unspecified atom stereocenters. The van der Waals surface area contributed by atoms with E-state index in [4.69, 9.17) is 15.0 Å². The molecule has 4 nitrogen and oxygen atoms in total. The number of benzene rings is 8. The third kappa shape index (κ3) is 5.15. The van der Waals surface area contributed by atoms with E-state index in [9.17, 15) is 0 Å². The largest absolute Gasteiger partial charge is 0.308 e. The Morgan fingerprint density at radius 2 is 0.912 bits per heavy atom. The number of para-hydroxylation sites is 1. The van der Waals surface area contributed by atoms with Gasteiger partial charge in [-0.1, -0.05) is 146 Å². The van der Waals surface area contributed by atoms with Crippen molar-refractivity contribution in [1.82, 2.24) is 19.5 Å². The topological polar surface area (TPSA) is 43.6 Å². The highest BCUT2D eigenvalue weighted by Crippen LogP contribution is 2.46. The van der Waals surface area contributed by atoms with Crippen LogP contribution in [0.25, 0.3) is 113 Å². The van der Waals surface area contributed by atoms with Crippen LogP contribution in [0.15, 0.2) is 182 Å². The summed E-state index contributed by atoms with van der Waals surface area (Å²) in [7, 11) is 0. The van der Waals surface area contributed by atoms with Gasteiger partial charge < -0.3 is 4.57 Å². The van der Waals surface area contributed by atoms with Gasteiger partial charge in [0.2, 0.25) is 0 Å². The van der Waals surface area contributed by atoms with Crippen molar-refractivity contribution < 1.29 is 0 Å². The maximum Gasteiger partial charge on any atom is 0.164 e. The Morgan fingerprint density at radius 1 is 0.351 bits per heavy atom. The van der Waals surface area contributed by atoms with E-state index in [1.54, 1.807) is 0 Å². The summed E-state index contributed by atoms with van der Waals surface area (Å²) < 4.78 is 7.57. The zero-order chi connectivity index (χ0) is 37.5. The molecule has 0 atom stereocenters. The summed E-state index contributed by atoms with van der Waals surface area (Å²) in [4.78, 5) is 14.9. The van der Waals surface area contributed by atoms with Gasteiger partial charge in [-0.3, -0.25) is 0 Å². The zero-order valence-electron chi connectivity index (χ0n) is 30.4. The second-order valence-corrected chi connectivity index (χ2v) is 16.5. The minimum Gasteiger partial charge on any atom is -0.308 e. The predicted molar refractivity (Wildman–Crippen MR) is 242 cm³/mol. The lowest BCUT2D eigenvalue weighted by molar-refractivity contribution is 1.07. The lowest BCUT2D eigenvalue weighted by Crippen LogP contribution is -1.99. The molecule has 0 saturated carbocycles. The third-order valence-electron chi connectivity index (χ3n) is 11.1. The van der Waals surface area contributed by atoms with Crippen LogP contribution in [0.1, 0.15) is 0 Å². The summed E-state index contributed by atoms with van der Waals surface area (Å²) in [6.07, 6.45) is 0. The van der Waals surface area contributed by atoms with Crippen molar-refractivity contribution in [2.24, 2.45) is 0 Å². The van der Waals surface area contributed by atoms with Crippen LogP contribution < -0.4 is 0 Å². The van der Waals surface area contributed by atoms with Gasteiger partial charge in [0.25, 0.3) is 0 Å². The van der Waals surface area contributed by atoms with Crippen molar-refractivity contribution in [2.75, 3.05) is 0 Å². The molecule has 6 heteroatoms. The van der Waals surface area contributed by atoms with Gasteiger partial charge in [-0.05, 0) is 47.5 Å². The Balaban J connectivity index is 1.03. The Kier molecular flexibility index (Phi) is 7.24. The van der Waals surface area contributed by atoms with Crippen LogP contribution in [-0.4, -0.2) is 19.5 Å². The summed E-state index contributed by atoms with van der Waals surface area (Å²) in [5.41, 5.74) is 8.98. The van der Waals surface area contributed by atoms with E-state index in [1.165, 1.54) is 79.0 Å². The first-order valence-corrected chi connectivity index (χ1v) is 20.7. The van der Waals surface area contributed by atoms with Crippen molar-refractivity contribution in [3.05, 3.63) is 182 Å². The van der Waals surface area contributed by atoms with Gasteiger partial charge in [-0.2, -0.15) is 0 Å². The molecule has 12 aromatic rings. The standard InChI is InChI=1S/C51H30N4S2/c1-4-13-31(14-5-1)49-52-50(32-15-6-2-7-16-32)54-51(53-49)34-23-25-38-40-21-12-20-36(47(40)57-45(38)30-34)33-24-28-43-42(29-33)39-26-27-41-37-19-10-11-22-44(37)56-48(41)46(39)55(43)35-17-8-3-9-18-35/h1-30H. The van der Waals surface area contributed by atoms with E-state index >= 15 is 0 Å². The maximum atomic E-state index is 5.02. The second-order valence-electron chi connectivity index (χ2n) is 14.4. The number of fused-ring (bicyclic) bond motifs is 10. The molecule has 266 valence electrons. The minimum atomic E-state index is 0.662. The van der Waals surface area contributed by atoms with Crippen molar-refractivity contribution in [3.8, 4) is 51.0 Å². The molecule has 0 spiro atoms. The van der Waals surface area contributed by atoms with E-state index in [-0.39, 0.29) is 0 Å². The van der Waals surface area contributed by atoms with Crippen LogP contribution in [0, 0.1) is 0 Å². The minimum absolute atomic E-state index is 0.662. The molecule has 0 bridgehead atoms. The van der Waals surface area contributed by atoms with Gasteiger partial charge in [0.1, 0.15) is 0 Å². The lowest BCUT2D eigenvalue weighted by Gasteiger charge is -2.09. The number of thiophene rings is 2. The average molecular weight is 763 g/mol. The maximum absolute atomic E-state index is 5.02. The van der Waals surface area contributed by atoms with Crippen LogP contribution in [0.2, 0.25) is 0 Å². The SMILES string of the molecule is c1ccc(-c2nc(-c3ccccc3)nc(-c3ccc4c(c3)sc3c(-c5ccc6c(c5)c5ccc7c8ccccc8sc7c5n6-c5ccccc5)cccc34)n2)cc1. The Hall–Kier alpha value is -6.99. The molecule has 0 radical (unpaired) electrons. The van der Waals surface area contributed by atoms with Gasteiger partial charge >= 0.3 is 0 Å². The fourth-order valence-electron chi connectivity index (χ4n) is 8.40. The van der Waals surface area contributed by atoms with E-state index in [1.807, 2.05) is 83.3 Å². The molecule has 12 rings (SSSR count). The molecule has 0 aliphatic heterocycles. The first kappa shape index (κ1) is 32.3. The highest BCUT2D eigenvalue weighted by molar-refractivity contribution is 7.27. The smallest absolute Gasteiger partial charge is 0.164 e. The lowest BCUT2D eigenvalue weighted by atomic mass is 10.00. The number of hydrogen-bond acceptors (Lipinski definition) is 5. The Bertz CT molecular complexity index is 3450. The van der Waals surface area contributed by atoms with E-state index in [2.05, 4.69) is 126 Å². The molecule has 4 aromatic heterocycles. The molecule has 0 fully saturated rings. The predicted octanol–water partition coefficient (Wildman–Crippen LogP) is 14.4. The van der Waals surface area contributed by atoms with Crippen LogP contribution in [0.4, 0.5) is 0 Å². The number of aromatic nitrogens is 4. The highest BCUT2D eigenvalue weighted by Gasteiger charge is 2.20. The van der Waals surface area contributed by atoms with Crippen LogP contribution in [0.5, 0.6) is 0 Å². The summed E-state index contributed by atoms with van der Waals surface area (Å²) in [5.74, 6) is 1.99. The first-order chi connectivity index (χ1) is 28.2. The second kappa shape index (κ2) is 12.8. The molecule has 0 N–H and O–H groups in total. The van der Waals surface area contributed by atoms with Crippen LogP contribution in [-0.2, 0) is 0 Å². The molecule has 0 saturated heterocycles. The van der Waals surface area contributed by atoms with E-state index in [0.29, 0.717) is 17.5 Å². The molecule has 0 aliphatic rings. The van der Waals surface area contributed by atoms with Gasteiger partial charge in [0.05, 0.1) is 15.7 Å². The van der Waals surface area contributed by atoms with Crippen molar-refractivity contribution >= 4 is 84.8 Å². The van der Waals surface area contributed by atoms with Crippen molar-refractivity contribution in [2.45, 2.75) is 0 Å². The van der Waals surface area contributed by atoms with Gasteiger partial charge in [0, 0.05) is 68.8 Å². The molecule has 57 heavy (non-hydrogen) atoms. The molecular formula is C51H30N4S2. The zero-order valence-corrected chi connectivity index (χ0v) is 32.1. The normalized spacial score (nSPS) is 11.9. The van der Waals surface area contributed by atoms with Gasteiger partial charge in [0.15, 0.2) is 17.5 Å². The Labute approximate surface area is 335 Å². The molecule has 4 heterocycles. The fourth-order valence-corrected chi connectivity index (χ4v) is 10.9. The summed E-state index contributed by atoms with van der Waals surface area (Å²) in [6, 6.07) is 64.8. The fraction of sp³-hybridized carbons (Fsp3) is 0. The third-order valence-corrected chi connectivity index (χ3v) is 13.4. The summed E-state index contributed by atoms with van der Waals surface area (Å²) in [5, 5.41) is 7.63. The summed E-state index contributed by atoms with van der Waals surface area (Å²) >= 11 is 3.72. The Morgan fingerprint density at radius 3 is 1.67 bits per heavy atom. The highest BCUT2D eigenvalue weighted by atomic mass is 32.1. The molecule has 0 aliphatic carbocycles. The molecule has 0 amide bonds. The summed E-state index contributed by atoms with van der Waals surface area (Å²) in [6.45, 7) is 0.